The molecule has 0 saturated heterocycles. The summed E-state index contributed by atoms with van der Waals surface area (Å²) in [6.07, 6.45) is 1.32. The molecule has 0 fully saturated rings. The molecule has 1 atom stereocenters. The second-order valence-corrected chi connectivity index (χ2v) is 5.32. The molecular weight excluding hydrogens is 336 g/mol. The molecule has 6 heteroatoms. The first kappa shape index (κ1) is 15.3. The van der Waals surface area contributed by atoms with Crippen LogP contribution in [0.4, 0.5) is 0 Å². The number of benzene rings is 1. The van der Waals surface area contributed by atoms with Crippen LogP contribution < -0.4 is 14.8 Å². The van der Waals surface area contributed by atoms with E-state index in [2.05, 4.69) is 21.2 Å². The monoisotopic (exact) mass is 350 g/mol. The molecule has 21 heavy (non-hydrogen) atoms. The average molecular weight is 351 g/mol. The Kier molecular flexibility index (Phi) is 5.16. The number of halogens is 1. The van der Waals surface area contributed by atoms with Crippen molar-refractivity contribution >= 4 is 21.8 Å². The lowest BCUT2D eigenvalue weighted by molar-refractivity contribution is -0.612. The highest BCUT2D eigenvalue weighted by Gasteiger charge is 2.14. The number of pyridine rings is 1. The summed E-state index contributed by atoms with van der Waals surface area (Å²) in [5, 5.41) is 14.2. The highest BCUT2D eigenvalue weighted by molar-refractivity contribution is 9.10. The molecule has 2 rings (SSSR count). The number of amides is 1. The minimum Gasteiger partial charge on any atom is -0.616 e. The maximum absolute atomic E-state index is 11.9. The van der Waals surface area contributed by atoms with E-state index in [1.165, 1.54) is 12.3 Å². The van der Waals surface area contributed by atoms with Gasteiger partial charge in [0.1, 0.15) is 0 Å². The summed E-state index contributed by atoms with van der Waals surface area (Å²) in [6, 6.07) is 12.3. The van der Waals surface area contributed by atoms with Crippen LogP contribution in [0.25, 0.3) is 0 Å². The first-order chi connectivity index (χ1) is 10.1. The fraction of sp³-hybridized carbons (Fsp3) is 0.200. The molecule has 5 nitrogen and oxygen atoms in total. The average Bonchev–Trinajstić information content (AvgIpc) is 2.46. The first-order valence-electron chi connectivity index (χ1n) is 6.42. The van der Waals surface area contributed by atoms with E-state index in [1.807, 2.05) is 31.2 Å². The van der Waals surface area contributed by atoms with Crippen LogP contribution in [0.15, 0.2) is 53.1 Å². The lowest BCUT2D eigenvalue weighted by Gasteiger charge is -2.15. The van der Waals surface area contributed by atoms with Crippen molar-refractivity contribution in [1.82, 2.24) is 5.32 Å². The van der Waals surface area contributed by atoms with Gasteiger partial charge >= 0.3 is 5.88 Å². The fourth-order valence-corrected chi connectivity index (χ4v) is 2.48. The SMILES string of the molecule is C[C@H](NC(=O)COc1cccc[n+]1[O-])c1ccccc1Br. The third-order valence-electron chi connectivity index (χ3n) is 2.89. The third-order valence-corrected chi connectivity index (χ3v) is 3.61. The second kappa shape index (κ2) is 7.08. The maximum Gasteiger partial charge on any atom is 0.379 e. The number of ether oxygens (including phenoxy) is 1. The van der Waals surface area contributed by atoms with E-state index in [4.69, 9.17) is 4.74 Å². The predicted octanol–water partition coefficient (Wildman–Crippen LogP) is 2.34. The van der Waals surface area contributed by atoms with E-state index in [0.717, 1.165) is 10.0 Å². The minimum absolute atomic E-state index is 0.0983. The van der Waals surface area contributed by atoms with Crippen LogP contribution >= 0.6 is 15.9 Å². The van der Waals surface area contributed by atoms with Gasteiger partial charge in [0.2, 0.25) is 0 Å². The summed E-state index contributed by atoms with van der Waals surface area (Å²) in [4.78, 5) is 11.9. The fourth-order valence-electron chi connectivity index (χ4n) is 1.85. The van der Waals surface area contributed by atoms with Crippen molar-refractivity contribution in [3.63, 3.8) is 0 Å². The summed E-state index contributed by atoms with van der Waals surface area (Å²) in [7, 11) is 0. The molecule has 0 unspecified atom stereocenters. The molecule has 1 N–H and O–H groups in total. The van der Waals surface area contributed by atoms with Gasteiger partial charge < -0.3 is 15.3 Å². The minimum atomic E-state index is -0.290. The van der Waals surface area contributed by atoms with E-state index in [9.17, 15) is 10.0 Å². The van der Waals surface area contributed by atoms with E-state index in [-0.39, 0.29) is 24.4 Å². The molecule has 110 valence electrons. The molecule has 0 aliphatic rings. The van der Waals surface area contributed by atoms with Crippen molar-refractivity contribution in [2.75, 3.05) is 6.61 Å². The number of nitrogens with one attached hydrogen (secondary N) is 1. The van der Waals surface area contributed by atoms with Gasteiger partial charge in [0, 0.05) is 10.5 Å². The van der Waals surface area contributed by atoms with Crippen LogP contribution in [0.2, 0.25) is 0 Å². The quantitative estimate of drug-likeness (QED) is 0.664. The number of carbonyl (C=O) groups excluding carboxylic acids is 1. The molecule has 0 aliphatic carbocycles. The number of nitrogens with zero attached hydrogens (tertiary/aromatic N) is 1. The Morgan fingerprint density at radius 3 is 2.76 bits per heavy atom. The Morgan fingerprint density at radius 2 is 2.05 bits per heavy atom. The van der Waals surface area contributed by atoms with Crippen LogP contribution in [-0.4, -0.2) is 12.5 Å². The van der Waals surface area contributed by atoms with E-state index < -0.39 is 0 Å². The van der Waals surface area contributed by atoms with Gasteiger partial charge in [-0.05, 0) is 24.6 Å². The van der Waals surface area contributed by atoms with Gasteiger partial charge in [0.15, 0.2) is 12.8 Å². The molecule has 0 radical (unpaired) electrons. The molecule has 1 heterocycles. The van der Waals surface area contributed by atoms with Gasteiger partial charge in [-0.2, -0.15) is 0 Å². The van der Waals surface area contributed by atoms with Crippen LogP contribution in [0.5, 0.6) is 5.88 Å². The lowest BCUT2D eigenvalue weighted by atomic mass is 10.1. The van der Waals surface area contributed by atoms with E-state index >= 15 is 0 Å². The van der Waals surface area contributed by atoms with Crippen molar-refractivity contribution in [2.45, 2.75) is 13.0 Å². The van der Waals surface area contributed by atoms with Gasteiger partial charge in [-0.25, -0.2) is 0 Å². The highest BCUT2D eigenvalue weighted by Crippen LogP contribution is 2.22. The van der Waals surface area contributed by atoms with E-state index in [0.29, 0.717) is 4.73 Å². The first-order valence-corrected chi connectivity index (χ1v) is 7.22. The van der Waals surface area contributed by atoms with Gasteiger partial charge in [0.25, 0.3) is 5.91 Å². The summed E-state index contributed by atoms with van der Waals surface area (Å²) in [6.45, 7) is 1.68. The van der Waals surface area contributed by atoms with Crippen molar-refractivity contribution in [3.8, 4) is 5.88 Å². The molecule has 1 aromatic carbocycles. The number of aromatic nitrogens is 1. The van der Waals surface area contributed by atoms with Crippen LogP contribution in [0, 0.1) is 5.21 Å². The zero-order valence-corrected chi connectivity index (χ0v) is 13.0. The topological polar surface area (TPSA) is 65.3 Å². The van der Waals surface area contributed by atoms with Gasteiger partial charge in [-0.3, -0.25) is 4.79 Å². The lowest BCUT2D eigenvalue weighted by Crippen LogP contribution is -2.34. The Morgan fingerprint density at radius 1 is 1.33 bits per heavy atom. The number of carbonyl (C=O) groups is 1. The van der Waals surface area contributed by atoms with Gasteiger partial charge in [-0.1, -0.05) is 34.1 Å². The summed E-state index contributed by atoms with van der Waals surface area (Å²) in [5.74, 6) is -0.191. The van der Waals surface area contributed by atoms with Crippen LogP contribution in [-0.2, 0) is 4.79 Å². The van der Waals surface area contributed by atoms with Gasteiger partial charge in [-0.15, -0.1) is 4.73 Å². The van der Waals surface area contributed by atoms with Crippen molar-refractivity contribution in [3.05, 3.63) is 63.9 Å². The van der Waals surface area contributed by atoms with Crippen molar-refractivity contribution < 1.29 is 14.3 Å². The third kappa shape index (κ3) is 4.19. The Hall–Kier alpha value is -2.08. The largest absolute Gasteiger partial charge is 0.616 e. The molecule has 2 aromatic rings. The van der Waals surface area contributed by atoms with Crippen molar-refractivity contribution in [2.24, 2.45) is 0 Å². The molecule has 0 spiro atoms. The summed E-state index contributed by atoms with van der Waals surface area (Å²) in [5.41, 5.74) is 0.976. The second-order valence-electron chi connectivity index (χ2n) is 4.46. The van der Waals surface area contributed by atoms with Crippen LogP contribution in [0.3, 0.4) is 0 Å². The smallest absolute Gasteiger partial charge is 0.379 e. The Labute approximate surface area is 131 Å². The predicted molar refractivity (Wildman–Crippen MR) is 81.6 cm³/mol. The maximum atomic E-state index is 11.9. The van der Waals surface area contributed by atoms with Gasteiger partial charge in [0.05, 0.1) is 12.1 Å². The molecule has 0 saturated carbocycles. The zero-order valence-electron chi connectivity index (χ0n) is 11.5. The highest BCUT2D eigenvalue weighted by atomic mass is 79.9. The number of hydrogen-bond donors (Lipinski definition) is 1. The Balaban J connectivity index is 1.90. The number of hydrogen-bond acceptors (Lipinski definition) is 3. The summed E-state index contributed by atoms with van der Waals surface area (Å²) < 4.78 is 6.70. The van der Waals surface area contributed by atoms with Crippen LogP contribution in [0.1, 0.15) is 18.5 Å². The zero-order chi connectivity index (χ0) is 15.2. The Bertz CT molecular complexity index is 634. The standard InChI is InChI=1S/C15H15BrN2O3/c1-11(12-6-2-3-7-13(12)16)17-14(19)10-21-15-8-4-5-9-18(15)20/h2-9,11H,10H2,1H3,(H,17,19)/t11-/m0/s1. The molecule has 0 aliphatic heterocycles. The van der Waals surface area contributed by atoms with E-state index in [1.54, 1.807) is 12.1 Å². The molecule has 1 aromatic heterocycles. The number of rotatable bonds is 5. The molecule has 1 amide bonds. The van der Waals surface area contributed by atoms with Crippen molar-refractivity contribution in [1.29, 1.82) is 0 Å². The summed E-state index contributed by atoms with van der Waals surface area (Å²) >= 11 is 3.44. The molecule has 0 bridgehead atoms. The normalized spacial score (nSPS) is 11.7. The molecular formula is C15H15BrN2O3.